The molecule has 0 radical (unpaired) electrons. The van der Waals surface area contributed by atoms with Crippen LogP contribution in [0.2, 0.25) is 0 Å². The topological polar surface area (TPSA) is 82.2 Å². The smallest absolute Gasteiger partial charge is 0.321 e. The fourth-order valence-corrected chi connectivity index (χ4v) is 4.70. The van der Waals surface area contributed by atoms with Crippen molar-refractivity contribution in [1.29, 1.82) is 0 Å². The van der Waals surface area contributed by atoms with Crippen LogP contribution in [0.1, 0.15) is 30.7 Å². The summed E-state index contributed by atoms with van der Waals surface area (Å²) in [6, 6.07) is 12.0. The van der Waals surface area contributed by atoms with Crippen molar-refractivity contribution in [1.82, 2.24) is 20.6 Å². The predicted molar refractivity (Wildman–Crippen MR) is 134 cm³/mol. The number of urea groups is 1. The minimum atomic E-state index is -0.279. The number of piperazine rings is 1. The summed E-state index contributed by atoms with van der Waals surface area (Å²) in [5.74, 6) is 0.975. The maximum atomic E-state index is 12.4. The summed E-state index contributed by atoms with van der Waals surface area (Å²) in [5.41, 5.74) is 2.78. The van der Waals surface area contributed by atoms with E-state index in [0.717, 1.165) is 47.7 Å². The molecular weight excluding hydrogens is 488 g/mol. The molecule has 0 saturated carbocycles. The summed E-state index contributed by atoms with van der Waals surface area (Å²) in [4.78, 5) is 23.8. The molecule has 4 rings (SSSR count). The molecule has 0 atom stereocenters. The van der Waals surface area contributed by atoms with Crippen LogP contribution in [0.4, 0.5) is 15.7 Å². The molecule has 1 aliphatic heterocycles. The van der Waals surface area contributed by atoms with Gasteiger partial charge in [0.25, 0.3) is 0 Å². The summed E-state index contributed by atoms with van der Waals surface area (Å²) >= 11 is 4.90. The molecule has 0 unspecified atom stereocenters. The zero-order valence-electron chi connectivity index (χ0n) is 18.2. The Morgan fingerprint density at radius 1 is 1.19 bits per heavy atom. The second-order valence-corrected chi connectivity index (χ2v) is 10.0. The Kier molecular flexibility index (Phi) is 7.07. The highest BCUT2D eigenvalue weighted by Crippen LogP contribution is 2.34. The number of carbonyl (C=O) groups is 1. The van der Waals surface area contributed by atoms with Crippen molar-refractivity contribution >= 4 is 44.2 Å². The van der Waals surface area contributed by atoms with Crippen molar-refractivity contribution in [3.8, 4) is 0 Å². The van der Waals surface area contributed by atoms with E-state index in [2.05, 4.69) is 72.7 Å². The minimum Gasteiger partial charge on any atom is -0.354 e. The van der Waals surface area contributed by atoms with E-state index in [1.165, 1.54) is 16.9 Å². The third-order valence-corrected chi connectivity index (χ3v) is 6.92. The fraction of sp³-hybridized carbons (Fsp3) is 0.348. The van der Waals surface area contributed by atoms with E-state index in [1.54, 1.807) is 0 Å². The molecule has 1 fully saturated rings. The van der Waals surface area contributed by atoms with Gasteiger partial charge in [-0.2, -0.15) is 0 Å². The minimum absolute atomic E-state index is 0.258. The highest BCUT2D eigenvalue weighted by Gasteiger charge is 2.26. The molecule has 168 valence electrons. The molecular formula is C23H27BrN6OS. The number of nitrogens with zero attached hydrogens (tertiary/aromatic N) is 3. The average Bonchev–Trinajstić information content (AvgIpc) is 3.28. The molecule has 0 bridgehead atoms. The van der Waals surface area contributed by atoms with Gasteiger partial charge in [-0.15, -0.1) is 11.3 Å². The molecule has 3 heterocycles. The predicted octanol–water partition coefficient (Wildman–Crippen LogP) is 4.36. The van der Waals surface area contributed by atoms with Crippen molar-refractivity contribution in [3.63, 3.8) is 0 Å². The maximum Gasteiger partial charge on any atom is 0.321 e. The first-order chi connectivity index (χ1) is 15.4. The number of pyridine rings is 1. The Hall–Kier alpha value is -2.49. The number of amides is 2. The van der Waals surface area contributed by atoms with Gasteiger partial charge in [0.1, 0.15) is 5.82 Å². The quantitative estimate of drug-likeness (QED) is 0.455. The summed E-state index contributed by atoms with van der Waals surface area (Å²) < 4.78 is 1.04. The molecule has 1 saturated heterocycles. The number of hydrogen-bond donors (Lipinski definition) is 3. The van der Waals surface area contributed by atoms with Crippen molar-refractivity contribution in [2.24, 2.45) is 0 Å². The summed E-state index contributed by atoms with van der Waals surface area (Å²) in [6.07, 6.45) is 1.82. The van der Waals surface area contributed by atoms with E-state index >= 15 is 0 Å². The standard InChI is InChI=1S/C23H27BrN6OS/c1-23(2,17-4-6-18(24)7-5-17)19-15-32-22(28-19)29-21(31)27-14-16-3-8-20(26-13-16)30-11-9-25-10-12-30/h3-8,13,15,25H,9-12,14H2,1-2H3,(H2,27,28,29,31). The van der Waals surface area contributed by atoms with Crippen LogP contribution in [0.15, 0.2) is 52.4 Å². The van der Waals surface area contributed by atoms with E-state index in [1.807, 2.05) is 35.8 Å². The van der Waals surface area contributed by atoms with E-state index in [-0.39, 0.29) is 11.4 Å². The van der Waals surface area contributed by atoms with Gasteiger partial charge in [0.2, 0.25) is 0 Å². The lowest BCUT2D eigenvalue weighted by molar-refractivity contribution is 0.251. The van der Waals surface area contributed by atoms with Crippen LogP contribution in [0.3, 0.4) is 0 Å². The van der Waals surface area contributed by atoms with Gasteiger partial charge in [-0.3, -0.25) is 5.32 Å². The van der Waals surface area contributed by atoms with Gasteiger partial charge in [0.15, 0.2) is 5.13 Å². The van der Waals surface area contributed by atoms with Crippen molar-refractivity contribution < 1.29 is 4.79 Å². The van der Waals surface area contributed by atoms with E-state index in [0.29, 0.717) is 11.7 Å². The zero-order valence-corrected chi connectivity index (χ0v) is 20.6. The van der Waals surface area contributed by atoms with Crippen LogP contribution in [0.25, 0.3) is 0 Å². The second kappa shape index (κ2) is 9.97. The largest absolute Gasteiger partial charge is 0.354 e. The van der Waals surface area contributed by atoms with Gasteiger partial charge in [0.05, 0.1) is 5.69 Å². The Balaban J connectivity index is 1.31. The maximum absolute atomic E-state index is 12.4. The first-order valence-electron chi connectivity index (χ1n) is 10.6. The van der Waals surface area contributed by atoms with Gasteiger partial charge < -0.3 is 15.5 Å². The Morgan fingerprint density at radius 3 is 2.62 bits per heavy atom. The first-order valence-corrected chi connectivity index (χ1v) is 12.3. The van der Waals surface area contributed by atoms with Gasteiger partial charge in [0, 0.05) is 54.2 Å². The van der Waals surface area contributed by atoms with Gasteiger partial charge in [-0.25, -0.2) is 14.8 Å². The molecule has 3 aromatic rings. The first kappa shape index (κ1) is 22.7. The Bertz CT molecular complexity index is 1050. The lowest BCUT2D eigenvalue weighted by atomic mass is 9.82. The molecule has 1 aliphatic rings. The summed E-state index contributed by atoms with van der Waals surface area (Å²) in [6.45, 7) is 8.54. The number of aromatic nitrogens is 2. The number of nitrogens with one attached hydrogen (secondary N) is 3. The van der Waals surface area contributed by atoms with Gasteiger partial charge >= 0.3 is 6.03 Å². The number of anilines is 2. The normalized spacial score (nSPS) is 14.3. The monoisotopic (exact) mass is 514 g/mol. The number of rotatable bonds is 6. The fourth-order valence-electron chi connectivity index (χ4n) is 3.56. The van der Waals surface area contributed by atoms with E-state index in [9.17, 15) is 4.79 Å². The van der Waals surface area contributed by atoms with Gasteiger partial charge in [-0.05, 0) is 29.3 Å². The van der Waals surface area contributed by atoms with Crippen molar-refractivity contribution in [2.75, 3.05) is 36.4 Å². The van der Waals surface area contributed by atoms with Crippen LogP contribution in [-0.4, -0.2) is 42.2 Å². The Morgan fingerprint density at radius 2 is 1.94 bits per heavy atom. The molecule has 0 aliphatic carbocycles. The van der Waals surface area contributed by atoms with E-state index < -0.39 is 0 Å². The van der Waals surface area contributed by atoms with Crippen LogP contribution in [-0.2, 0) is 12.0 Å². The van der Waals surface area contributed by atoms with E-state index in [4.69, 9.17) is 0 Å². The Labute approximate surface area is 200 Å². The van der Waals surface area contributed by atoms with Crippen LogP contribution < -0.4 is 20.9 Å². The number of hydrogen-bond acceptors (Lipinski definition) is 6. The highest BCUT2D eigenvalue weighted by atomic mass is 79.9. The SMILES string of the molecule is CC(C)(c1ccc(Br)cc1)c1csc(NC(=O)NCc2ccc(N3CCNCC3)nc2)n1. The summed E-state index contributed by atoms with van der Waals surface area (Å²) in [5, 5.41) is 11.6. The molecule has 2 amide bonds. The van der Waals surface area contributed by atoms with Crippen molar-refractivity contribution in [3.05, 3.63) is 69.3 Å². The number of carbonyl (C=O) groups excluding carboxylic acids is 1. The molecule has 2 aromatic heterocycles. The average molecular weight is 515 g/mol. The highest BCUT2D eigenvalue weighted by molar-refractivity contribution is 9.10. The molecule has 9 heteroatoms. The molecule has 3 N–H and O–H groups in total. The van der Waals surface area contributed by atoms with Crippen LogP contribution in [0, 0.1) is 0 Å². The molecule has 1 aromatic carbocycles. The zero-order chi connectivity index (χ0) is 22.6. The number of thiazole rings is 1. The lowest BCUT2D eigenvalue weighted by Gasteiger charge is -2.28. The van der Waals surface area contributed by atoms with Crippen LogP contribution in [0.5, 0.6) is 0 Å². The number of benzene rings is 1. The molecule has 0 spiro atoms. The molecule has 32 heavy (non-hydrogen) atoms. The third-order valence-electron chi connectivity index (χ3n) is 5.63. The third kappa shape index (κ3) is 5.46. The molecule has 7 nitrogen and oxygen atoms in total. The second-order valence-electron chi connectivity index (χ2n) is 8.24. The van der Waals surface area contributed by atoms with Gasteiger partial charge in [-0.1, -0.05) is 48.0 Å². The van der Waals surface area contributed by atoms with Crippen LogP contribution >= 0.6 is 27.3 Å². The lowest BCUT2D eigenvalue weighted by Crippen LogP contribution is -2.43. The number of halogens is 1. The summed E-state index contributed by atoms with van der Waals surface area (Å²) in [7, 11) is 0. The van der Waals surface area contributed by atoms with Crippen molar-refractivity contribution in [2.45, 2.75) is 25.8 Å².